The third-order valence-electron chi connectivity index (χ3n) is 5.07. The van der Waals surface area contributed by atoms with Crippen molar-refractivity contribution in [3.05, 3.63) is 34.3 Å². The third kappa shape index (κ3) is 2.16. The molecule has 1 N–H and O–H groups in total. The number of halogens is 1. The van der Waals surface area contributed by atoms with E-state index in [0.717, 1.165) is 30.7 Å². The summed E-state index contributed by atoms with van der Waals surface area (Å²) >= 11 is 6.18. The molecule has 1 spiro atoms. The van der Waals surface area contributed by atoms with Crippen LogP contribution in [0.2, 0.25) is 5.02 Å². The average Bonchev–Trinajstić information content (AvgIpc) is 2.84. The maximum Gasteiger partial charge on any atom is 0.303 e. The maximum absolute atomic E-state index is 11.2. The number of carboxylic acids is 1. The highest BCUT2D eigenvalue weighted by molar-refractivity contribution is 6.30. The highest BCUT2D eigenvalue weighted by Gasteiger charge is 2.46. The molecule has 2 nitrogen and oxygen atoms in total. The molecule has 3 rings (SSSR count). The van der Waals surface area contributed by atoms with E-state index in [1.165, 1.54) is 24.0 Å². The lowest BCUT2D eigenvalue weighted by Crippen LogP contribution is -2.38. The normalized spacial score (nSPS) is 24.4. The second-order valence-electron chi connectivity index (χ2n) is 6.00. The lowest BCUT2D eigenvalue weighted by Gasteiger charge is -2.43. The molecular formula is C16H19ClO2. The van der Waals surface area contributed by atoms with Crippen LogP contribution < -0.4 is 0 Å². The summed E-state index contributed by atoms with van der Waals surface area (Å²) in [6.45, 7) is 0. The summed E-state index contributed by atoms with van der Waals surface area (Å²) in [7, 11) is 0. The van der Waals surface area contributed by atoms with Crippen molar-refractivity contribution in [3.8, 4) is 0 Å². The zero-order chi connectivity index (χ0) is 13.5. The molecule has 1 saturated carbocycles. The van der Waals surface area contributed by atoms with Crippen molar-refractivity contribution in [3.63, 3.8) is 0 Å². The van der Waals surface area contributed by atoms with Crippen LogP contribution in [-0.4, -0.2) is 11.1 Å². The second-order valence-corrected chi connectivity index (χ2v) is 6.43. The van der Waals surface area contributed by atoms with Gasteiger partial charge in [0.15, 0.2) is 0 Å². The fraction of sp³-hybridized carbons (Fsp3) is 0.562. The first-order chi connectivity index (χ1) is 9.12. The number of carboxylic acid groups (broad SMARTS) is 1. The fourth-order valence-electron chi connectivity index (χ4n) is 4.25. The van der Waals surface area contributed by atoms with E-state index < -0.39 is 5.97 Å². The molecule has 0 aromatic heterocycles. The minimum Gasteiger partial charge on any atom is -0.481 e. The molecule has 3 heteroatoms. The summed E-state index contributed by atoms with van der Waals surface area (Å²) in [6.07, 6.45) is 6.96. The SMILES string of the molecule is O=C(O)CC1CCc2ccc(Cl)cc2C12CCCC2. The van der Waals surface area contributed by atoms with Gasteiger partial charge >= 0.3 is 5.97 Å². The Kier molecular flexibility index (Phi) is 3.30. The highest BCUT2D eigenvalue weighted by Crippen LogP contribution is 2.53. The van der Waals surface area contributed by atoms with Crippen molar-refractivity contribution in [2.75, 3.05) is 0 Å². The number of carbonyl (C=O) groups is 1. The Morgan fingerprint density at radius 2 is 2.11 bits per heavy atom. The summed E-state index contributed by atoms with van der Waals surface area (Å²) in [5.41, 5.74) is 2.81. The Balaban J connectivity index is 2.06. The smallest absolute Gasteiger partial charge is 0.303 e. The molecule has 0 bridgehead atoms. The van der Waals surface area contributed by atoms with Gasteiger partial charge in [-0.15, -0.1) is 0 Å². The van der Waals surface area contributed by atoms with E-state index >= 15 is 0 Å². The molecule has 1 aromatic rings. The van der Waals surface area contributed by atoms with Crippen LogP contribution in [0, 0.1) is 5.92 Å². The largest absolute Gasteiger partial charge is 0.481 e. The first kappa shape index (κ1) is 13.0. The minimum atomic E-state index is -0.665. The number of hydrogen-bond donors (Lipinski definition) is 1. The van der Waals surface area contributed by atoms with Gasteiger partial charge in [-0.25, -0.2) is 0 Å². The lowest BCUT2D eigenvalue weighted by atomic mass is 9.61. The van der Waals surface area contributed by atoms with Crippen LogP contribution >= 0.6 is 11.6 Å². The summed E-state index contributed by atoms with van der Waals surface area (Å²) in [4.78, 5) is 11.2. The van der Waals surface area contributed by atoms with Crippen LogP contribution in [0.1, 0.15) is 49.7 Å². The van der Waals surface area contributed by atoms with Gasteiger partial charge in [0.2, 0.25) is 0 Å². The molecule has 0 amide bonds. The van der Waals surface area contributed by atoms with Crippen LogP contribution in [0.3, 0.4) is 0 Å². The Labute approximate surface area is 118 Å². The van der Waals surface area contributed by atoms with E-state index in [9.17, 15) is 9.90 Å². The number of rotatable bonds is 2. The van der Waals surface area contributed by atoms with E-state index in [2.05, 4.69) is 12.1 Å². The molecule has 2 aliphatic carbocycles. The van der Waals surface area contributed by atoms with E-state index in [1.54, 1.807) is 0 Å². The summed E-state index contributed by atoms with van der Waals surface area (Å²) in [6, 6.07) is 6.19. The van der Waals surface area contributed by atoms with Gasteiger partial charge in [-0.2, -0.15) is 0 Å². The standard InChI is InChI=1S/C16H19ClO2/c17-13-6-4-11-3-5-12(9-15(18)19)16(14(11)10-13)7-1-2-8-16/h4,6,10,12H,1-3,5,7-9H2,(H,18,19). The molecule has 1 unspecified atom stereocenters. The van der Waals surface area contributed by atoms with Crippen LogP contribution in [0.25, 0.3) is 0 Å². The number of aryl methyl sites for hydroxylation is 1. The summed E-state index contributed by atoms with van der Waals surface area (Å²) in [5, 5.41) is 9.96. The zero-order valence-electron chi connectivity index (χ0n) is 11.0. The van der Waals surface area contributed by atoms with Gasteiger partial charge in [0, 0.05) is 11.4 Å². The van der Waals surface area contributed by atoms with Gasteiger partial charge in [-0.3, -0.25) is 4.79 Å². The molecule has 0 heterocycles. The van der Waals surface area contributed by atoms with Crippen LogP contribution in [0.15, 0.2) is 18.2 Å². The number of fused-ring (bicyclic) bond motifs is 2. The maximum atomic E-state index is 11.2. The lowest BCUT2D eigenvalue weighted by molar-refractivity contribution is -0.138. The van der Waals surface area contributed by atoms with E-state index in [4.69, 9.17) is 11.6 Å². The van der Waals surface area contributed by atoms with Crippen molar-refractivity contribution in [1.29, 1.82) is 0 Å². The monoisotopic (exact) mass is 278 g/mol. The topological polar surface area (TPSA) is 37.3 Å². The van der Waals surface area contributed by atoms with E-state index in [-0.39, 0.29) is 11.3 Å². The first-order valence-electron chi connectivity index (χ1n) is 7.12. The molecule has 0 aliphatic heterocycles. The Hall–Kier alpha value is -1.02. The van der Waals surface area contributed by atoms with Crippen LogP contribution in [0.4, 0.5) is 0 Å². The van der Waals surface area contributed by atoms with Crippen molar-refractivity contribution < 1.29 is 9.90 Å². The fourth-order valence-corrected chi connectivity index (χ4v) is 4.42. The van der Waals surface area contributed by atoms with E-state index in [1.807, 2.05) is 6.07 Å². The Bertz CT molecular complexity index is 503. The van der Waals surface area contributed by atoms with Crippen LogP contribution in [0.5, 0.6) is 0 Å². The van der Waals surface area contributed by atoms with Gasteiger partial charge in [0.25, 0.3) is 0 Å². The molecule has 1 atom stereocenters. The second kappa shape index (κ2) is 4.82. The Morgan fingerprint density at radius 1 is 1.37 bits per heavy atom. The van der Waals surface area contributed by atoms with Gasteiger partial charge in [-0.05, 0) is 60.3 Å². The Morgan fingerprint density at radius 3 is 2.79 bits per heavy atom. The highest BCUT2D eigenvalue weighted by atomic mass is 35.5. The third-order valence-corrected chi connectivity index (χ3v) is 5.30. The molecule has 1 fully saturated rings. The zero-order valence-corrected chi connectivity index (χ0v) is 11.7. The van der Waals surface area contributed by atoms with Gasteiger partial charge in [0.1, 0.15) is 0 Å². The average molecular weight is 279 g/mol. The predicted molar refractivity (Wildman–Crippen MR) is 75.7 cm³/mol. The minimum absolute atomic E-state index is 0.0802. The van der Waals surface area contributed by atoms with Gasteiger partial charge in [0.05, 0.1) is 0 Å². The summed E-state index contributed by atoms with van der Waals surface area (Å²) < 4.78 is 0. The quantitative estimate of drug-likeness (QED) is 0.881. The molecule has 102 valence electrons. The number of aliphatic carboxylic acids is 1. The molecule has 1 aromatic carbocycles. The van der Waals surface area contributed by atoms with Gasteiger partial charge in [-0.1, -0.05) is 30.5 Å². The first-order valence-corrected chi connectivity index (χ1v) is 7.50. The molecule has 19 heavy (non-hydrogen) atoms. The molecule has 0 radical (unpaired) electrons. The van der Waals surface area contributed by atoms with E-state index in [0.29, 0.717) is 6.42 Å². The van der Waals surface area contributed by atoms with Crippen molar-refractivity contribution in [2.45, 2.75) is 50.4 Å². The summed E-state index contributed by atoms with van der Waals surface area (Å²) in [5.74, 6) is -0.389. The predicted octanol–water partition coefficient (Wildman–Crippen LogP) is 4.19. The van der Waals surface area contributed by atoms with Crippen molar-refractivity contribution >= 4 is 17.6 Å². The molecular weight excluding hydrogens is 260 g/mol. The van der Waals surface area contributed by atoms with Crippen molar-refractivity contribution in [2.24, 2.45) is 5.92 Å². The number of hydrogen-bond acceptors (Lipinski definition) is 1. The van der Waals surface area contributed by atoms with Crippen LogP contribution in [-0.2, 0) is 16.6 Å². The van der Waals surface area contributed by atoms with Gasteiger partial charge < -0.3 is 5.11 Å². The number of benzene rings is 1. The molecule has 0 saturated heterocycles. The molecule has 2 aliphatic rings. The van der Waals surface area contributed by atoms with Crippen molar-refractivity contribution in [1.82, 2.24) is 0 Å².